The number of methoxy groups -OCH3 is 1. The molecule has 0 heterocycles. The summed E-state index contributed by atoms with van der Waals surface area (Å²) in [6, 6.07) is 1.36. The van der Waals surface area contributed by atoms with Crippen LogP contribution in [0.1, 0.15) is 46.5 Å². The summed E-state index contributed by atoms with van der Waals surface area (Å²) in [6.45, 7) is 6.86. The Kier molecular flexibility index (Phi) is 4.90. The number of ether oxygens (including phenoxy) is 1. The first kappa shape index (κ1) is 12.0. The second-order valence-electron chi connectivity index (χ2n) is 4.79. The highest BCUT2D eigenvalue weighted by Crippen LogP contribution is 2.23. The van der Waals surface area contributed by atoms with E-state index in [-0.39, 0.29) is 0 Å². The standard InChI is InChI=1S/C12H25NO/c1-5-12(9(2)3)13-10-6-7-11(8-10)14-4/h9-13H,5-8H2,1-4H3. The van der Waals surface area contributed by atoms with Gasteiger partial charge in [-0.15, -0.1) is 0 Å². The van der Waals surface area contributed by atoms with Crippen molar-refractivity contribution < 1.29 is 4.74 Å². The molecule has 2 heteroatoms. The van der Waals surface area contributed by atoms with Crippen molar-refractivity contribution in [3.8, 4) is 0 Å². The molecule has 0 aromatic rings. The van der Waals surface area contributed by atoms with Crippen LogP contribution in [0.3, 0.4) is 0 Å². The van der Waals surface area contributed by atoms with Gasteiger partial charge in [0.1, 0.15) is 0 Å². The van der Waals surface area contributed by atoms with E-state index in [2.05, 4.69) is 26.1 Å². The van der Waals surface area contributed by atoms with E-state index in [1.54, 1.807) is 0 Å². The quantitative estimate of drug-likeness (QED) is 0.735. The lowest BCUT2D eigenvalue weighted by atomic mass is 10.0. The fourth-order valence-corrected chi connectivity index (χ4v) is 2.39. The van der Waals surface area contributed by atoms with Gasteiger partial charge in [-0.3, -0.25) is 0 Å². The average molecular weight is 199 g/mol. The monoisotopic (exact) mass is 199 g/mol. The molecule has 3 unspecified atom stereocenters. The summed E-state index contributed by atoms with van der Waals surface area (Å²) in [5, 5.41) is 3.75. The van der Waals surface area contributed by atoms with Gasteiger partial charge in [0.2, 0.25) is 0 Å². The molecule has 1 saturated carbocycles. The van der Waals surface area contributed by atoms with Gasteiger partial charge >= 0.3 is 0 Å². The summed E-state index contributed by atoms with van der Waals surface area (Å²) >= 11 is 0. The molecule has 0 aromatic heterocycles. The van der Waals surface area contributed by atoms with E-state index in [1.807, 2.05) is 7.11 Å². The number of rotatable bonds is 5. The lowest BCUT2D eigenvalue weighted by Crippen LogP contribution is -2.40. The van der Waals surface area contributed by atoms with Gasteiger partial charge in [-0.2, -0.15) is 0 Å². The van der Waals surface area contributed by atoms with Gasteiger partial charge in [-0.05, 0) is 31.6 Å². The normalized spacial score (nSPS) is 29.8. The van der Waals surface area contributed by atoms with Crippen molar-refractivity contribution in [2.45, 2.75) is 64.6 Å². The first-order valence-corrected chi connectivity index (χ1v) is 5.96. The summed E-state index contributed by atoms with van der Waals surface area (Å²) in [4.78, 5) is 0. The van der Waals surface area contributed by atoms with E-state index in [0.717, 1.165) is 5.92 Å². The molecule has 0 aromatic carbocycles. The summed E-state index contributed by atoms with van der Waals surface area (Å²) < 4.78 is 5.38. The van der Waals surface area contributed by atoms with E-state index in [4.69, 9.17) is 4.74 Å². The lowest BCUT2D eigenvalue weighted by Gasteiger charge is -2.25. The van der Waals surface area contributed by atoms with Crippen LogP contribution in [0.25, 0.3) is 0 Å². The fraction of sp³-hybridized carbons (Fsp3) is 1.00. The molecule has 84 valence electrons. The lowest BCUT2D eigenvalue weighted by molar-refractivity contribution is 0.106. The molecule has 0 amide bonds. The number of nitrogens with one attached hydrogen (secondary N) is 1. The van der Waals surface area contributed by atoms with Gasteiger partial charge < -0.3 is 10.1 Å². The zero-order chi connectivity index (χ0) is 10.6. The summed E-state index contributed by atoms with van der Waals surface area (Å²) in [7, 11) is 1.83. The van der Waals surface area contributed by atoms with Crippen LogP contribution in [-0.2, 0) is 4.74 Å². The molecule has 0 saturated heterocycles. The molecular formula is C12H25NO. The average Bonchev–Trinajstić information content (AvgIpc) is 2.61. The van der Waals surface area contributed by atoms with Crippen LogP contribution in [-0.4, -0.2) is 25.3 Å². The molecule has 14 heavy (non-hydrogen) atoms. The summed E-state index contributed by atoms with van der Waals surface area (Å²) in [5.74, 6) is 0.738. The third-order valence-electron chi connectivity index (χ3n) is 3.41. The third kappa shape index (κ3) is 3.25. The molecule has 2 nitrogen and oxygen atoms in total. The van der Waals surface area contributed by atoms with Crippen molar-refractivity contribution in [1.29, 1.82) is 0 Å². The Morgan fingerprint density at radius 1 is 1.36 bits per heavy atom. The molecule has 0 radical (unpaired) electrons. The first-order chi connectivity index (χ1) is 6.67. The Morgan fingerprint density at radius 3 is 2.50 bits per heavy atom. The third-order valence-corrected chi connectivity index (χ3v) is 3.41. The van der Waals surface area contributed by atoms with Crippen LogP contribution in [0.4, 0.5) is 0 Å². The Balaban J connectivity index is 2.30. The van der Waals surface area contributed by atoms with E-state index in [1.165, 1.54) is 25.7 Å². The minimum Gasteiger partial charge on any atom is -0.381 e. The minimum atomic E-state index is 0.497. The fourth-order valence-electron chi connectivity index (χ4n) is 2.39. The van der Waals surface area contributed by atoms with Crippen molar-refractivity contribution in [1.82, 2.24) is 5.32 Å². The van der Waals surface area contributed by atoms with Gasteiger partial charge in [0.25, 0.3) is 0 Å². The summed E-state index contributed by atoms with van der Waals surface area (Å²) in [5.41, 5.74) is 0. The molecule has 3 atom stereocenters. The van der Waals surface area contributed by atoms with Crippen LogP contribution in [0.15, 0.2) is 0 Å². The van der Waals surface area contributed by atoms with Crippen LogP contribution in [0.5, 0.6) is 0 Å². The Labute approximate surface area is 88.4 Å². The van der Waals surface area contributed by atoms with Crippen LogP contribution in [0, 0.1) is 5.92 Å². The van der Waals surface area contributed by atoms with Crippen molar-refractivity contribution in [2.75, 3.05) is 7.11 Å². The molecular weight excluding hydrogens is 174 g/mol. The number of hydrogen-bond acceptors (Lipinski definition) is 2. The number of hydrogen-bond donors (Lipinski definition) is 1. The molecule has 0 spiro atoms. The maximum Gasteiger partial charge on any atom is 0.0586 e. The Hall–Kier alpha value is -0.0800. The second-order valence-corrected chi connectivity index (χ2v) is 4.79. The molecule has 1 fully saturated rings. The van der Waals surface area contributed by atoms with Crippen molar-refractivity contribution in [2.24, 2.45) is 5.92 Å². The molecule has 1 aliphatic rings. The van der Waals surface area contributed by atoms with Crippen LogP contribution >= 0.6 is 0 Å². The highest BCUT2D eigenvalue weighted by atomic mass is 16.5. The SMILES string of the molecule is CCC(NC1CCC(OC)C1)C(C)C. The second kappa shape index (κ2) is 5.72. The summed E-state index contributed by atoms with van der Waals surface area (Å²) in [6.07, 6.45) is 5.42. The van der Waals surface area contributed by atoms with E-state index in [0.29, 0.717) is 18.2 Å². The van der Waals surface area contributed by atoms with Crippen molar-refractivity contribution in [3.05, 3.63) is 0 Å². The van der Waals surface area contributed by atoms with E-state index in [9.17, 15) is 0 Å². The van der Waals surface area contributed by atoms with E-state index < -0.39 is 0 Å². The highest BCUT2D eigenvalue weighted by Gasteiger charge is 2.26. The molecule has 1 N–H and O–H groups in total. The Bertz CT molecular complexity index is 158. The zero-order valence-corrected chi connectivity index (χ0v) is 10.0. The predicted molar refractivity (Wildman–Crippen MR) is 60.5 cm³/mol. The van der Waals surface area contributed by atoms with Gasteiger partial charge in [-0.1, -0.05) is 20.8 Å². The predicted octanol–water partition coefficient (Wildman–Crippen LogP) is 2.58. The Morgan fingerprint density at radius 2 is 2.07 bits per heavy atom. The largest absolute Gasteiger partial charge is 0.381 e. The van der Waals surface area contributed by atoms with E-state index >= 15 is 0 Å². The van der Waals surface area contributed by atoms with Crippen LogP contribution in [0.2, 0.25) is 0 Å². The molecule has 1 rings (SSSR count). The van der Waals surface area contributed by atoms with Crippen LogP contribution < -0.4 is 5.32 Å². The smallest absolute Gasteiger partial charge is 0.0586 e. The van der Waals surface area contributed by atoms with Gasteiger partial charge in [0, 0.05) is 19.2 Å². The highest BCUT2D eigenvalue weighted by molar-refractivity contribution is 4.84. The molecule has 0 aliphatic heterocycles. The minimum absolute atomic E-state index is 0.497. The van der Waals surface area contributed by atoms with Gasteiger partial charge in [0.15, 0.2) is 0 Å². The zero-order valence-electron chi connectivity index (χ0n) is 10.0. The van der Waals surface area contributed by atoms with Gasteiger partial charge in [0.05, 0.1) is 6.10 Å². The maximum atomic E-state index is 5.38. The van der Waals surface area contributed by atoms with Crippen molar-refractivity contribution in [3.63, 3.8) is 0 Å². The van der Waals surface area contributed by atoms with Gasteiger partial charge in [-0.25, -0.2) is 0 Å². The van der Waals surface area contributed by atoms with Crippen molar-refractivity contribution >= 4 is 0 Å². The maximum absolute atomic E-state index is 5.38. The molecule has 0 bridgehead atoms. The molecule has 1 aliphatic carbocycles. The first-order valence-electron chi connectivity index (χ1n) is 5.96. The topological polar surface area (TPSA) is 21.3 Å².